The largest absolute Gasteiger partial charge is 0.503 e. The van der Waals surface area contributed by atoms with Crippen LogP contribution in [0.3, 0.4) is 0 Å². The molecule has 0 bridgehead atoms. The van der Waals surface area contributed by atoms with Gasteiger partial charge in [0.15, 0.2) is 22.1 Å². The second kappa shape index (κ2) is 12.5. The molecule has 0 unspecified atom stereocenters. The second-order valence-electron chi connectivity index (χ2n) is 7.25. The van der Waals surface area contributed by atoms with Crippen molar-refractivity contribution >= 4 is 34.9 Å². The number of anilines is 1. The first-order chi connectivity index (χ1) is 14.5. The Bertz CT molecular complexity index is 799. The van der Waals surface area contributed by atoms with Gasteiger partial charge in [0, 0.05) is 12.3 Å². The summed E-state index contributed by atoms with van der Waals surface area (Å²) in [5.41, 5.74) is 1.45. The number of carbonyl (C=O) groups is 1. The predicted octanol–water partition coefficient (Wildman–Crippen LogP) is 4.02. The lowest BCUT2D eigenvalue weighted by Gasteiger charge is -2.15. The van der Waals surface area contributed by atoms with E-state index in [1.165, 1.54) is 19.3 Å². The highest BCUT2D eigenvalue weighted by molar-refractivity contribution is 7.99. The van der Waals surface area contributed by atoms with Crippen molar-refractivity contribution in [1.82, 2.24) is 25.0 Å². The van der Waals surface area contributed by atoms with E-state index in [1.54, 1.807) is 11.8 Å². The number of aliphatic hydroxyl groups is 1. The first kappa shape index (κ1) is 24.1. The maximum absolute atomic E-state index is 10.3. The van der Waals surface area contributed by atoms with Gasteiger partial charge in [-0.1, -0.05) is 50.1 Å². The van der Waals surface area contributed by atoms with Crippen LogP contribution in [0.1, 0.15) is 71.3 Å². The van der Waals surface area contributed by atoms with E-state index in [0.29, 0.717) is 5.52 Å². The third-order valence-electron chi connectivity index (χ3n) is 4.82. The molecule has 0 aliphatic heterocycles. The summed E-state index contributed by atoms with van der Waals surface area (Å²) in [5, 5.41) is 37.1. The lowest BCUT2D eigenvalue weighted by atomic mass is 10.2. The number of aliphatic hydroxyl groups excluding tert-OH is 1. The van der Waals surface area contributed by atoms with E-state index in [4.69, 9.17) is 20.0 Å². The minimum atomic E-state index is -1.83. The lowest BCUT2D eigenvalue weighted by molar-refractivity contribution is 0.131. The molecule has 0 spiro atoms. The number of fused-ring (bicyclic) bond motifs is 1. The molecule has 1 saturated carbocycles. The quantitative estimate of drug-likeness (QED) is 0.242. The Kier molecular flexibility index (Phi) is 10.1. The number of unbranched alkanes of at least 4 members (excludes halogenated alkanes) is 3. The van der Waals surface area contributed by atoms with Gasteiger partial charge in [-0.05, 0) is 32.1 Å². The van der Waals surface area contributed by atoms with Crippen molar-refractivity contribution in [3.63, 3.8) is 0 Å². The molecule has 2 aromatic rings. The number of nitrogens with one attached hydrogen (secondary N) is 1. The van der Waals surface area contributed by atoms with Gasteiger partial charge in [0.05, 0.1) is 12.1 Å². The van der Waals surface area contributed by atoms with Crippen LogP contribution in [0.2, 0.25) is 0 Å². The van der Waals surface area contributed by atoms with Crippen molar-refractivity contribution in [2.24, 2.45) is 0 Å². The highest BCUT2D eigenvalue weighted by Crippen LogP contribution is 2.32. The zero-order valence-corrected chi connectivity index (χ0v) is 18.4. The fraction of sp³-hybridized carbons (Fsp3) is 0.737. The molecule has 10 nitrogen and oxygen atoms in total. The molecule has 3 rings (SSSR count). The van der Waals surface area contributed by atoms with E-state index in [1.807, 2.05) is 4.68 Å². The van der Waals surface area contributed by atoms with Gasteiger partial charge >= 0.3 is 6.16 Å². The van der Waals surface area contributed by atoms with E-state index < -0.39 is 6.16 Å². The Morgan fingerprint density at radius 1 is 1.17 bits per heavy atom. The standard InChI is InChI=1S/C18H30N6OS.CH2O3/c1-3-5-6-7-11-19-16-15-17(21-18(20-16)26-12-4-2)24(23-22-15)13-9-8-10-14(13)25;2-1(3)4/h13-14,25H,3-12H2,1-2H3,(H,19,20,21);(H2,2,3,4)/t13-,14-;/m1./s1. The van der Waals surface area contributed by atoms with E-state index in [-0.39, 0.29) is 12.1 Å². The first-order valence-corrected chi connectivity index (χ1v) is 11.6. The van der Waals surface area contributed by atoms with Crippen LogP contribution in [0, 0.1) is 0 Å². The second-order valence-corrected chi connectivity index (χ2v) is 8.31. The number of nitrogens with zero attached hydrogens (tertiary/aromatic N) is 5. The Morgan fingerprint density at radius 3 is 2.57 bits per heavy atom. The monoisotopic (exact) mass is 440 g/mol. The molecule has 2 atom stereocenters. The van der Waals surface area contributed by atoms with E-state index in [2.05, 4.69) is 34.5 Å². The summed E-state index contributed by atoms with van der Waals surface area (Å²) in [6.45, 7) is 5.25. The summed E-state index contributed by atoms with van der Waals surface area (Å²) >= 11 is 1.66. The SMILES string of the molecule is CCCCCCNc1nc(SCCC)nc2c1nnn2[C@@H]1CCC[C@H]1O.O=C(O)O. The zero-order valence-electron chi connectivity index (χ0n) is 17.6. The Hall–Kier alpha value is -2.14. The Labute approximate surface area is 180 Å². The molecule has 4 N–H and O–H groups in total. The fourth-order valence-corrected chi connectivity index (χ4v) is 4.07. The van der Waals surface area contributed by atoms with Gasteiger partial charge in [-0.3, -0.25) is 0 Å². The number of hydrogen-bond donors (Lipinski definition) is 4. The van der Waals surface area contributed by atoms with Crippen LogP contribution in [-0.2, 0) is 0 Å². The Balaban J connectivity index is 0.000000735. The molecule has 1 fully saturated rings. The molecule has 0 aromatic carbocycles. The van der Waals surface area contributed by atoms with Gasteiger partial charge in [0.1, 0.15) is 0 Å². The third kappa shape index (κ3) is 6.98. The van der Waals surface area contributed by atoms with Crippen LogP contribution < -0.4 is 5.32 Å². The number of aromatic nitrogens is 5. The minimum absolute atomic E-state index is 0.0312. The van der Waals surface area contributed by atoms with Crippen LogP contribution in [0.5, 0.6) is 0 Å². The lowest BCUT2D eigenvalue weighted by Crippen LogP contribution is -2.20. The molecule has 0 amide bonds. The van der Waals surface area contributed by atoms with Gasteiger partial charge in [0.25, 0.3) is 0 Å². The zero-order chi connectivity index (χ0) is 21.9. The molecule has 11 heteroatoms. The number of rotatable bonds is 10. The summed E-state index contributed by atoms with van der Waals surface area (Å²) < 4.78 is 1.81. The van der Waals surface area contributed by atoms with Crippen LogP contribution in [-0.4, -0.2) is 64.8 Å². The molecule has 1 aliphatic rings. The van der Waals surface area contributed by atoms with Crippen molar-refractivity contribution < 1.29 is 20.1 Å². The van der Waals surface area contributed by atoms with E-state index in [9.17, 15) is 5.11 Å². The number of thioether (sulfide) groups is 1. The predicted molar refractivity (Wildman–Crippen MR) is 116 cm³/mol. The molecule has 0 saturated heterocycles. The molecule has 1 aliphatic carbocycles. The minimum Gasteiger partial charge on any atom is -0.450 e. The molecule has 0 radical (unpaired) electrons. The topological polar surface area (TPSA) is 146 Å². The van der Waals surface area contributed by atoms with Crippen molar-refractivity contribution in [2.45, 2.75) is 82.5 Å². The molecule has 30 heavy (non-hydrogen) atoms. The third-order valence-corrected chi connectivity index (χ3v) is 5.87. The summed E-state index contributed by atoms with van der Waals surface area (Å²) in [4.78, 5) is 17.9. The maximum Gasteiger partial charge on any atom is 0.503 e. The maximum atomic E-state index is 10.3. The van der Waals surface area contributed by atoms with Crippen molar-refractivity contribution in [2.75, 3.05) is 17.6 Å². The van der Waals surface area contributed by atoms with Crippen LogP contribution in [0.15, 0.2) is 5.16 Å². The van der Waals surface area contributed by atoms with Gasteiger partial charge < -0.3 is 20.6 Å². The normalized spacial score (nSPS) is 18.2. The summed E-state index contributed by atoms with van der Waals surface area (Å²) in [6, 6.07) is -0.0312. The molecular weight excluding hydrogens is 408 g/mol. The molecule has 2 heterocycles. The van der Waals surface area contributed by atoms with Crippen LogP contribution in [0.4, 0.5) is 10.6 Å². The van der Waals surface area contributed by atoms with Gasteiger partial charge in [0.2, 0.25) is 0 Å². The van der Waals surface area contributed by atoms with E-state index in [0.717, 1.165) is 61.0 Å². The average molecular weight is 441 g/mol. The van der Waals surface area contributed by atoms with Crippen molar-refractivity contribution in [1.29, 1.82) is 0 Å². The summed E-state index contributed by atoms with van der Waals surface area (Å²) in [6.07, 6.45) is 6.44. The summed E-state index contributed by atoms with van der Waals surface area (Å²) in [7, 11) is 0. The molecular formula is C19H32N6O4S. The highest BCUT2D eigenvalue weighted by atomic mass is 32.2. The smallest absolute Gasteiger partial charge is 0.450 e. The highest BCUT2D eigenvalue weighted by Gasteiger charge is 2.30. The van der Waals surface area contributed by atoms with Gasteiger partial charge in [-0.25, -0.2) is 19.4 Å². The number of carboxylic acid groups (broad SMARTS) is 2. The first-order valence-electron chi connectivity index (χ1n) is 10.6. The van der Waals surface area contributed by atoms with Crippen molar-refractivity contribution in [3.05, 3.63) is 0 Å². The Morgan fingerprint density at radius 2 is 1.93 bits per heavy atom. The molecule has 2 aromatic heterocycles. The molecule has 168 valence electrons. The van der Waals surface area contributed by atoms with Gasteiger partial charge in [-0.2, -0.15) is 0 Å². The fourth-order valence-electron chi connectivity index (χ4n) is 3.38. The number of hydrogen-bond acceptors (Lipinski definition) is 8. The van der Waals surface area contributed by atoms with E-state index >= 15 is 0 Å². The van der Waals surface area contributed by atoms with Gasteiger partial charge in [-0.15, -0.1) is 5.10 Å². The average Bonchev–Trinajstić information content (AvgIpc) is 3.31. The van der Waals surface area contributed by atoms with Crippen LogP contribution >= 0.6 is 11.8 Å². The summed E-state index contributed by atoms with van der Waals surface area (Å²) in [5.74, 6) is 1.75. The van der Waals surface area contributed by atoms with Crippen LogP contribution in [0.25, 0.3) is 11.2 Å². The van der Waals surface area contributed by atoms with Crippen molar-refractivity contribution in [3.8, 4) is 0 Å².